The Bertz CT molecular complexity index is 584. The van der Waals surface area contributed by atoms with Crippen LogP contribution in [0.4, 0.5) is 5.69 Å². The minimum Gasteiger partial charge on any atom is -0.508 e. The van der Waals surface area contributed by atoms with Gasteiger partial charge < -0.3 is 16.2 Å². The number of nitrogens with zero attached hydrogens (tertiary/aromatic N) is 2. The van der Waals surface area contributed by atoms with Gasteiger partial charge in [-0.1, -0.05) is 26.0 Å². The fourth-order valence-electron chi connectivity index (χ4n) is 1.96. The number of anilines is 1. The molecule has 2 aromatic rings. The van der Waals surface area contributed by atoms with Crippen molar-refractivity contribution in [2.24, 2.45) is 5.73 Å². The van der Waals surface area contributed by atoms with Gasteiger partial charge >= 0.3 is 0 Å². The Morgan fingerprint density at radius 1 is 1.35 bits per heavy atom. The van der Waals surface area contributed by atoms with E-state index in [1.807, 2.05) is 6.07 Å². The Kier molecular flexibility index (Phi) is 4.53. The number of hydrogen-bond acceptors (Lipinski definition) is 5. The van der Waals surface area contributed by atoms with E-state index in [0.717, 1.165) is 16.9 Å². The minimum atomic E-state index is 0.211. The topological polar surface area (TPSA) is 84.1 Å². The van der Waals surface area contributed by atoms with Crippen LogP contribution in [0.2, 0.25) is 0 Å². The van der Waals surface area contributed by atoms with Crippen LogP contribution in [0.3, 0.4) is 0 Å². The van der Waals surface area contributed by atoms with E-state index in [2.05, 4.69) is 29.1 Å². The molecule has 4 N–H and O–H groups in total. The Balaban J connectivity index is 2.39. The average molecular weight is 272 g/mol. The van der Waals surface area contributed by atoms with Crippen LogP contribution < -0.4 is 11.1 Å². The first-order valence-corrected chi connectivity index (χ1v) is 6.72. The van der Waals surface area contributed by atoms with Crippen molar-refractivity contribution in [2.75, 3.05) is 18.4 Å². The highest BCUT2D eigenvalue weighted by atomic mass is 16.3. The molecular weight excluding hydrogens is 252 g/mol. The van der Waals surface area contributed by atoms with Crippen LogP contribution in [-0.4, -0.2) is 28.2 Å². The Labute approximate surface area is 118 Å². The van der Waals surface area contributed by atoms with Crippen LogP contribution in [0.15, 0.2) is 30.5 Å². The van der Waals surface area contributed by atoms with Gasteiger partial charge in [-0.15, -0.1) is 0 Å². The summed E-state index contributed by atoms with van der Waals surface area (Å²) in [4.78, 5) is 8.97. The van der Waals surface area contributed by atoms with Gasteiger partial charge in [0.1, 0.15) is 5.75 Å². The highest BCUT2D eigenvalue weighted by molar-refractivity contribution is 5.60. The molecule has 0 saturated heterocycles. The quantitative estimate of drug-likeness (QED) is 0.778. The lowest BCUT2D eigenvalue weighted by Gasteiger charge is -2.14. The molecule has 1 heterocycles. The normalized spacial score (nSPS) is 10.8. The third kappa shape index (κ3) is 3.24. The van der Waals surface area contributed by atoms with Crippen LogP contribution >= 0.6 is 0 Å². The molecule has 0 unspecified atom stereocenters. The van der Waals surface area contributed by atoms with E-state index < -0.39 is 0 Å². The van der Waals surface area contributed by atoms with Gasteiger partial charge in [-0.05, 0) is 18.1 Å². The Morgan fingerprint density at radius 2 is 2.15 bits per heavy atom. The third-order valence-electron chi connectivity index (χ3n) is 2.93. The largest absolute Gasteiger partial charge is 0.508 e. The number of aromatic hydroxyl groups is 1. The summed E-state index contributed by atoms with van der Waals surface area (Å²) in [7, 11) is 0. The van der Waals surface area contributed by atoms with E-state index in [4.69, 9.17) is 5.73 Å². The summed E-state index contributed by atoms with van der Waals surface area (Å²) in [6.07, 6.45) is 1.78. The van der Waals surface area contributed by atoms with Crippen LogP contribution in [0.1, 0.15) is 25.5 Å². The highest BCUT2D eigenvalue weighted by Gasteiger charge is 2.12. The van der Waals surface area contributed by atoms with Crippen LogP contribution in [0.5, 0.6) is 5.75 Å². The standard InChI is InChI=1S/C15H20N4O/c1-10(2)14-13(17-7-6-16)9-18-15(19-14)11-4-3-5-12(20)8-11/h3-5,8-10,17,20H,6-7,16H2,1-2H3. The predicted molar refractivity (Wildman–Crippen MR) is 80.8 cm³/mol. The van der Waals surface area contributed by atoms with Gasteiger partial charge in [0, 0.05) is 18.7 Å². The molecule has 0 fully saturated rings. The summed E-state index contributed by atoms with van der Waals surface area (Å²) in [6, 6.07) is 6.95. The minimum absolute atomic E-state index is 0.211. The zero-order chi connectivity index (χ0) is 14.5. The first kappa shape index (κ1) is 14.3. The van der Waals surface area contributed by atoms with Crippen molar-refractivity contribution in [1.82, 2.24) is 9.97 Å². The van der Waals surface area contributed by atoms with Gasteiger partial charge in [0.15, 0.2) is 5.82 Å². The van der Waals surface area contributed by atoms with Crippen molar-refractivity contribution in [3.05, 3.63) is 36.2 Å². The Morgan fingerprint density at radius 3 is 2.80 bits per heavy atom. The zero-order valence-corrected chi connectivity index (χ0v) is 11.8. The summed E-state index contributed by atoms with van der Waals surface area (Å²) in [5, 5.41) is 12.8. The van der Waals surface area contributed by atoms with Gasteiger partial charge in [-0.2, -0.15) is 0 Å². The first-order chi connectivity index (χ1) is 9.61. The van der Waals surface area contributed by atoms with Crippen molar-refractivity contribution in [3.8, 4) is 17.1 Å². The van der Waals surface area contributed by atoms with E-state index in [0.29, 0.717) is 18.9 Å². The maximum Gasteiger partial charge on any atom is 0.159 e. The second kappa shape index (κ2) is 6.34. The van der Waals surface area contributed by atoms with Gasteiger partial charge in [0.25, 0.3) is 0 Å². The summed E-state index contributed by atoms with van der Waals surface area (Å²) in [5.74, 6) is 1.10. The highest BCUT2D eigenvalue weighted by Crippen LogP contribution is 2.26. The molecule has 5 nitrogen and oxygen atoms in total. The molecule has 106 valence electrons. The molecule has 0 amide bonds. The van der Waals surface area contributed by atoms with Gasteiger partial charge in [-0.25, -0.2) is 9.97 Å². The lowest BCUT2D eigenvalue weighted by Crippen LogP contribution is -2.15. The number of aromatic nitrogens is 2. The summed E-state index contributed by atoms with van der Waals surface area (Å²) in [5.41, 5.74) is 8.17. The van der Waals surface area contributed by atoms with Gasteiger partial charge in [-0.3, -0.25) is 0 Å². The van der Waals surface area contributed by atoms with E-state index in [1.165, 1.54) is 0 Å². The maximum absolute atomic E-state index is 9.54. The molecule has 5 heteroatoms. The molecule has 0 aliphatic heterocycles. The number of benzene rings is 1. The lowest BCUT2D eigenvalue weighted by molar-refractivity contribution is 0.475. The lowest BCUT2D eigenvalue weighted by atomic mass is 10.1. The zero-order valence-electron chi connectivity index (χ0n) is 11.8. The van der Waals surface area contributed by atoms with Gasteiger partial charge in [0.2, 0.25) is 0 Å². The van der Waals surface area contributed by atoms with Crippen LogP contribution in [-0.2, 0) is 0 Å². The molecule has 1 aromatic carbocycles. The molecule has 0 bridgehead atoms. The molecule has 2 rings (SSSR count). The summed E-state index contributed by atoms with van der Waals surface area (Å²) >= 11 is 0. The predicted octanol–water partition coefficient (Wildman–Crippen LogP) is 2.34. The van der Waals surface area contributed by atoms with E-state index in [-0.39, 0.29) is 11.7 Å². The van der Waals surface area contributed by atoms with Crippen molar-refractivity contribution >= 4 is 5.69 Å². The van der Waals surface area contributed by atoms with E-state index in [9.17, 15) is 5.11 Å². The number of nitrogens with one attached hydrogen (secondary N) is 1. The van der Waals surface area contributed by atoms with E-state index in [1.54, 1.807) is 24.4 Å². The molecule has 0 aliphatic rings. The molecule has 0 saturated carbocycles. The van der Waals surface area contributed by atoms with Crippen molar-refractivity contribution in [1.29, 1.82) is 0 Å². The van der Waals surface area contributed by atoms with Gasteiger partial charge in [0.05, 0.1) is 17.6 Å². The van der Waals surface area contributed by atoms with Crippen molar-refractivity contribution < 1.29 is 5.11 Å². The van der Waals surface area contributed by atoms with Crippen molar-refractivity contribution in [2.45, 2.75) is 19.8 Å². The van der Waals surface area contributed by atoms with Crippen molar-refractivity contribution in [3.63, 3.8) is 0 Å². The molecule has 0 radical (unpaired) electrons. The molecule has 0 atom stereocenters. The fraction of sp³-hybridized carbons (Fsp3) is 0.333. The third-order valence-corrected chi connectivity index (χ3v) is 2.93. The number of phenols is 1. The molecule has 20 heavy (non-hydrogen) atoms. The maximum atomic E-state index is 9.54. The summed E-state index contributed by atoms with van der Waals surface area (Å²) in [6.45, 7) is 5.42. The van der Waals surface area contributed by atoms with Crippen LogP contribution in [0, 0.1) is 0 Å². The second-order valence-electron chi connectivity index (χ2n) is 4.91. The number of rotatable bonds is 5. The average Bonchev–Trinajstić information content (AvgIpc) is 2.44. The van der Waals surface area contributed by atoms with E-state index >= 15 is 0 Å². The van der Waals surface area contributed by atoms with Crippen LogP contribution in [0.25, 0.3) is 11.4 Å². The number of phenolic OH excluding ortho intramolecular Hbond substituents is 1. The summed E-state index contributed by atoms with van der Waals surface area (Å²) < 4.78 is 0. The molecule has 0 spiro atoms. The monoisotopic (exact) mass is 272 g/mol. The number of nitrogens with two attached hydrogens (primary N) is 1. The smallest absolute Gasteiger partial charge is 0.159 e. The number of hydrogen-bond donors (Lipinski definition) is 3. The first-order valence-electron chi connectivity index (χ1n) is 6.72. The molecule has 0 aliphatic carbocycles. The molecule has 1 aromatic heterocycles. The SMILES string of the molecule is CC(C)c1nc(-c2cccc(O)c2)ncc1NCCN. The molecular formula is C15H20N4O. The second-order valence-corrected chi connectivity index (χ2v) is 4.91. The fourth-order valence-corrected chi connectivity index (χ4v) is 1.96. The Hall–Kier alpha value is -2.14.